The Morgan fingerprint density at radius 3 is 2.29 bits per heavy atom. The molecule has 3 rings (SSSR count). The number of rotatable bonds is 3. The predicted octanol–water partition coefficient (Wildman–Crippen LogP) is 3.23. The molecule has 0 aromatic heterocycles. The van der Waals surface area contributed by atoms with Crippen LogP contribution in [-0.4, -0.2) is 10.8 Å². The third-order valence-electron chi connectivity index (χ3n) is 4.08. The average molecular weight is 276 g/mol. The smallest absolute Gasteiger partial charge is 0.224 e. The Balaban J connectivity index is 2.00. The van der Waals surface area contributed by atoms with Crippen LogP contribution in [0.1, 0.15) is 24.0 Å². The van der Waals surface area contributed by atoms with Gasteiger partial charge in [-0.25, -0.2) is 0 Å². The van der Waals surface area contributed by atoms with Crippen molar-refractivity contribution in [3.63, 3.8) is 0 Å². The van der Waals surface area contributed by atoms with Crippen LogP contribution in [-0.2, 0) is 16.9 Å². The molecule has 2 aromatic carbocycles. The molecule has 1 fully saturated rings. The molecule has 1 heterocycles. The fourth-order valence-corrected chi connectivity index (χ4v) is 2.95. The van der Waals surface area contributed by atoms with Gasteiger partial charge >= 0.3 is 0 Å². The minimum absolute atomic E-state index is 0.0456. The molecule has 1 aliphatic heterocycles. The Morgan fingerprint density at radius 1 is 1.05 bits per heavy atom. The number of amides is 1. The van der Waals surface area contributed by atoms with E-state index in [1.54, 1.807) is 4.90 Å². The Bertz CT molecular complexity index is 675. The Kier molecular flexibility index (Phi) is 3.45. The molecule has 1 atom stereocenters. The van der Waals surface area contributed by atoms with Gasteiger partial charge in [0.1, 0.15) is 0 Å². The van der Waals surface area contributed by atoms with E-state index in [9.17, 15) is 10.1 Å². The maximum absolute atomic E-state index is 12.3. The summed E-state index contributed by atoms with van der Waals surface area (Å²) in [6, 6.07) is 21.8. The lowest BCUT2D eigenvalue weighted by atomic mass is 9.88. The largest absolute Gasteiger partial charge is 0.316 e. The lowest BCUT2D eigenvalue weighted by Gasteiger charge is -2.33. The van der Waals surface area contributed by atoms with Crippen molar-refractivity contribution >= 4 is 5.91 Å². The van der Waals surface area contributed by atoms with Gasteiger partial charge in [-0.15, -0.1) is 0 Å². The summed E-state index contributed by atoms with van der Waals surface area (Å²) in [5.74, 6) is 0.0456. The molecule has 3 heteroatoms. The van der Waals surface area contributed by atoms with Crippen molar-refractivity contribution in [3.05, 3.63) is 71.8 Å². The number of benzene rings is 2. The van der Waals surface area contributed by atoms with Gasteiger partial charge in [0, 0.05) is 13.0 Å². The summed E-state index contributed by atoms with van der Waals surface area (Å²) in [6.07, 6.45) is 0.981. The lowest BCUT2D eigenvalue weighted by Crippen LogP contribution is -2.41. The molecule has 2 aromatic rings. The van der Waals surface area contributed by atoms with Gasteiger partial charge in [-0.3, -0.25) is 4.79 Å². The third-order valence-corrected chi connectivity index (χ3v) is 4.08. The summed E-state index contributed by atoms with van der Waals surface area (Å²) in [5.41, 5.74) is 1.10. The van der Waals surface area contributed by atoms with Crippen LogP contribution in [0.5, 0.6) is 0 Å². The van der Waals surface area contributed by atoms with E-state index in [0.717, 1.165) is 11.1 Å². The van der Waals surface area contributed by atoms with E-state index in [-0.39, 0.29) is 5.91 Å². The highest BCUT2D eigenvalue weighted by Crippen LogP contribution is 2.40. The van der Waals surface area contributed by atoms with Crippen molar-refractivity contribution in [2.75, 3.05) is 0 Å². The van der Waals surface area contributed by atoms with E-state index in [0.29, 0.717) is 19.4 Å². The second-order valence-corrected chi connectivity index (χ2v) is 5.30. The van der Waals surface area contributed by atoms with Crippen LogP contribution in [0.25, 0.3) is 0 Å². The molecule has 0 bridgehead atoms. The van der Waals surface area contributed by atoms with Gasteiger partial charge in [-0.05, 0) is 17.5 Å². The number of likely N-dealkylation sites (tertiary alicyclic amines) is 1. The predicted molar refractivity (Wildman–Crippen MR) is 80.0 cm³/mol. The van der Waals surface area contributed by atoms with E-state index < -0.39 is 5.54 Å². The number of carbonyl (C=O) groups is 1. The van der Waals surface area contributed by atoms with Gasteiger partial charge < -0.3 is 4.90 Å². The van der Waals surface area contributed by atoms with E-state index >= 15 is 0 Å². The van der Waals surface area contributed by atoms with Crippen LogP contribution in [0.2, 0.25) is 0 Å². The van der Waals surface area contributed by atoms with Crippen LogP contribution >= 0.6 is 0 Å². The van der Waals surface area contributed by atoms with E-state index in [1.807, 2.05) is 60.7 Å². The molecule has 104 valence electrons. The second kappa shape index (κ2) is 5.41. The monoisotopic (exact) mass is 276 g/mol. The van der Waals surface area contributed by atoms with Crippen molar-refractivity contribution < 1.29 is 4.79 Å². The standard InChI is InChI=1S/C18H16N2O/c19-14-18(16-9-5-2-6-10-16)12-11-17(21)20(18)13-15-7-3-1-4-8-15/h1-10H,11-13H2/t18-/m0/s1. The number of carbonyl (C=O) groups excluding carboxylic acids is 1. The van der Waals surface area contributed by atoms with Crippen molar-refractivity contribution in [2.24, 2.45) is 0 Å². The molecule has 1 aliphatic rings. The molecule has 1 saturated heterocycles. The molecule has 0 radical (unpaired) electrons. The first-order valence-corrected chi connectivity index (χ1v) is 7.07. The Hall–Kier alpha value is -2.60. The molecular formula is C18H16N2O. The minimum atomic E-state index is -0.839. The fraction of sp³-hybridized carbons (Fsp3) is 0.222. The van der Waals surface area contributed by atoms with Gasteiger partial charge in [-0.1, -0.05) is 60.7 Å². The summed E-state index contributed by atoms with van der Waals surface area (Å²) in [7, 11) is 0. The summed E-state index contributed by atoms with van der Waals surface area (Å²) in [5, 5.41) is 9.79. The molecule has 1 amide bonds. The van der Waals surface area contributed by atoms with Gasteiger partial charge in [0.25, 0.3) is 0 Å². The normalized spacial score (nSPS) is 21.3. The van der Waals surface area contributed by atoms with E-state index in [1.165, 1.54) is 0 Å². The highest BCUT2D eigenvalue weighted by atomic mass is 16.2. The molecule has 0 N–H and O–H groups in total. The van der Waals surface area contributed by atoms with Gasteiger partial charge in [-0.2, -0.15) is 5.26 Å². The third kappa shape index (κ3) is 2.30. The van der Waals surface area contributed by atoms with Crippen LogP contribution < -0.4 is 0 Å². The minimum Gasteiger partial charge on any atom is -0.316 e. The van der Waals surface area contributed by atoms with Crippen molar-refractivity contribution in [2.45, 2.75) is 24.9 Å². The topological polar surface area (TPSA) is 44.1 Å². The van der Waals surface area contributed by atoms with Crippen molar-refractivity contribution in [1.29, 1.82) is 5.26 Å². The van der Waals surface area contributed by atoms with Gasteiger partial charge in [0.05, 0.1) is 6.07 Å². The fourth-order valence-electron chi connectivity index (χ4n) is 2.95. The van der Waals surface area contributed by atoms with Crippen LogP contribution in [0.3, 0.4) is 0 Å². The maximum Gasteiger partial charge on any atom is 0.224 e. The molecular weight excluding hydrogens is 260 g/mol. The average Bonchev–Trinajstić information content (AvgIpc) is 2.87. The maximum atomic E-state index is 12.3. The molecule has 0 saturated carbocycles. The number of hydrogen-bond acceptors (Lipinski definition) is 2. The zero-order chi connectivity index (χ0) is 14.7. The van der Waals surface area contributed by atoms with Crippen molar-refractivity contribution in [3.8, 4) is 6.07 Å². The number of nitriles is 1. The van der Waals surface area contributed by atoms with E-state index in [4.69, 9.17) is 0 Å². The first kappa shape index (κ1) is 13.4. The molecule has 21 heavy (non-hydrogen) atoms. The highest BCUT2D eigenvalue weighted by molar-refractivity contribution is 5.81. The lowest BCUT2D eigenvalue weighted by molar-refractivity contribution is -0.131. The molecule has 3 nitrogen and oxygen atoms in total. The molecule has 0 unspecified atom stereocenters. The zero-order valence-electron chi connectivity index (χ0n) is 11.7. The first-order chi connectivity index (χ1) is 10.3. The SMILES string of the molecule is N#C[C@]1(c2ccccc2)CCC(=O)N1Cc1ccccc1. The van der Waals surface area contributed by atoms with Gasteiger partial charge in [0.2, 0.25) is 5.91 Å². The van der Waals surface area contributed by atoms with E-state index in [2.05, 4.69) is 6.07 Å². The molecule has 0 spiro atoms. The first-order valence-electron chi connectivity index (χ1n) is 7.07. The number of nitrogens with zero attached hydrogens (tertiary/aromatic N) is 2. The Morgan fingerprint density at radius 2 is 1.67 bits per heavy atom. The van der Waals surface area contributed by atoms with Crippen LogP contribution in [0.15, 0.2) is 60.7 Å². The summed E-state index contributed by atoms with van der Waals surface area (Å²) >= 11 is 0. The quantitative estimate of drug-likeness (QED) is 0.864. The van der Waals surface area contributed by atoms with Gasteiger partial charge in [0.15, 0.2) is 5.54 Å². The highest BCUT2D eigenvalue weighted by Gasteiger charge is 2.46. The Labute approximate surface area is 124 Å². The molecule has 0 aliphatic carbocycles. The summed E-state index contributed by atoms with van der Waals surface area (Å²) < 4.78 is 0. The number of hydrogen-bond donors (Lipinski definition) is 0. The van der Waals surface area contributed by atoms with Crippen LogP contribution in [0, 0.1) is 11.3 Å². The summed E-state index contributed by atoms with van der Waals surface area (Å²) in [4.78, 5) is 14.0. The van der Waals surface area contributed by atoms with Crippen molar-refractivity contribution in [1.82, 2.24) is 4.90 Å². The summed E-state index contributed by atoms with van der Waals surface area (Å²) in [6.45, 7) is 0.474. The zero-order valence-corrected chi connectivity index (χ0v) is 11.7. The van der Waals surface area contributed by atoms with Crippen LogP contribution in [0.4, 0.5) is 0 Å². The second-order valence-electron chi connectivity index (χ2n) is 5.30.